The number of hydrogen-bond donors (Lipinski definition) is 1. The van der Waals surface area contributed by atoms with Crippen LogP contribution in [0.1, 0.15) is 24.5 Å². The summed E-state index contributed by atoms with van der Waals surface area (Å²) in [5, 5.41) is 0. The van der Waals surface area contributed by atoms with Crippen LogP contribution in [0.5, 0.6) is 0 Å². The van der Waals surface area contributed by atoms with E-state index in [0.29, 0.717) is 37.7 Å². The minimum absolute atomic E-state index is 0.104. The highest BCUT2D eigenvalue weighted by molar-refractivity contribution is 7.89. The molecule has 0 saturated carbocycles. The van der Waals surface area contributed by atoms with Crippen molar-refractivity contribution < 1.29 is 13.2 Å². The molecule has 2 heterocycles. The molecule has 0 aromatic heterocycles. The zero-order valence-electron chi connectivity index (χ0n) is 11.6. The molecule has 2 aliphatic heterocycles. The lowest BCUT2D eigenvalue weighted by Crippen LogP contribution is -2.34. The van der Waals surface area contributed by atoms with Gasteiger partial charge in [-0.05, 0) is 41.6 Å². The first-order valence-electron chi connectivity index (χ1n) is 6.84. The van der Waals surface area contributed by atoms with Crippen molar-refractivity contribution in [3.8, 4) is 0 Å². The lowest BCUT2D eigenvalue weighted by Gasteiger charge is -2.22. The first kappa shape index (κ1) is 14.0. The molecule has 2 N–H and O–H groups in total. The van der Waals surface area contributed by atoms with Crippen LogP contribution in [-0.4, -0.2) is 32.4 Å². The molecule has 2 aliphatic rings. The third-order valence-corrected chi connectivity index (χ3v) is 6.19. The van der Waals surface area contributed by atoms with Gasteiger partial charge in [0.05, 0.1) is 18.1 Å². The summed E-state index contributed by atoms with van der Waals surface area (Å²) in [7, 11) is -3.42. The van der Waals surface area contributed by atoms with Crippen LogP contribution in [0, 0.1) is 5.41 Å². The van der Waals surface area contributed by atoms with Crippen LogP contribution in [0.15, 0.2) is 23.1 Å². The summed E-state index contributed by atoms with van der Waals surface area (Å²) < 4.78 is 32.3. The van der Waals surface area contributed by atoms with Crippen LogP contribution in [-0.2, 0) is 28.0 Å². The van der Waals surface area contributed by atoms with Gasteiger partial charge in [0.15, 0.2) is 0 Å². The number of benzene rings is 1. The molecule has 0 aliphatic carbocycles. The number of ether oxygens (including phenoxy) is 1. The molecule has 1 fully saturated rings. The van der Waals surface area contributed by atoms with Gasteiger partial charge in [0.1, 0.15) is 0 Å². The van der Waals surface area contributed by atoms with Gasteiger partial charge in [-0.15, -0.1) is 0 Å². The van der Waals surface area contributed by atoms with Crippen LogP contribution >= 0.6 is 0 Å². The van der Waals surface area contributed by atoms with Crippen LogP contribution < -0.4 is 5.73 Å². The highest BCUT2D eigenvalue weighted by Crippen LogP contribution is 2.33. The van der Waals surface area contributed by atoms with E-state index in [0.717, 1.165) is 17.5 Å². The van der Waals surface area contributed by atoms with Gasteiger partial charge in [-0.25, -0.2) is 8.42 Å². The first-order valence-corrected chi connectivity index (χ1v) is 8.28. The Kier molecular flexibility index (Phi) is 3.36. The SMILES string of the molecule is CC1(CN)CCN(S(=O)(=O)c2ccc3c(c2)COC3)C1. The predicted octanol–water partition coefficient (Wildman–Crippen LogP) is 1.08. The predicted molar refractivity (Wildman–Crippen MR) is 75.5 cm³/mol. The zero-order chi connectivity index (χ0) is 14.4. The second kappa shape index (κ2) is 4.80. The molecule has 0 bridgehead atoms. The van der Waals surface area contributed by atoms with Crippen molar-refractivity contribution in [2.75, 3.05) is 19.6 Å². The summed E-state index contributed by atoms with van der Waals surface area (Å²) in [6, 6.07) is 5.28. The third-order valence-electron chi connectivity index (χ3n) is 4.35. The summed E-state index contributed by atoms with van der Waals surface area (Å²) >= 11 is 0. The van der Waals surface area contributed by atoms with Gasteiger partial charge >= 0.3 is 0 Å². The van der Waals surface area contributed by atoms with Gasteiger partial charge in [-0.3, -0.25) is 0 Å². The Morgan fingerprint density at radius 3 is 2.80 bits per heavy atom. The van der Waals surface area contributed by atoms with Crippen molar-refractivity contribution in [2.24, 2.45) is 11.1 Å². The molecule has 6 heteroatoms. The Balaban J connectivity index is 1.89. The van der Waals surface area contributed by atoms with Crippen molar-refractivity contribution in [1.82, 2.24) is 4.31 Å². The van der Waals surface area contributed by atoms with Crippen molar-refractivity contribution in [1.29, 1.82) is 0 Å². The lowest BCUT2D eigenvalue weighted by atomic mass is 9.90. The van der Waals surface area contributed by atoms with Crippen LogP contribution in [0.2, 0.25) is 0 Å². The maximum absolute atomic E-state index is 12.7. The maximum atomic E-state index is 12.7. The average Bonchev–Trinajstić information content (AvgIpc) is 3.05. The number of hydrogen-bond acceptors (Lipinski definition) is 4. The molecule has 1 saturated heterocycles. The van der Waals surface area contributed by atoms with Gasteiger partial charge in [-0.1, -0.05) is 13.0 Å². The molecule has 0 spiro atoms. The van der Waals surface area contributed by atoms with Crippen molar-refractivity contribution in [2.45, 2.75) is 31.5 Å². The van der Waals surface area contributed by atoms with Crippen molar-refractivity contribution >= 4 is 10.0 Å². The van der Waals surface area contributed by atoms with E-state index < -0.39 is 10.0 Å². The number of rotatable bonds is 3. The molecule has 3 rings (SSSR count). The zero-order valence-corrected chi connectivity index (χ0v) is 12.4. The minimum atomic E-state index is -3.42. The highest BCUT2D eigenvalue weighted by atomic mass is 32.2. The third kappa shape index (κ3) is 2.26. The molecule has 5 nitrogen and oxygen atoms in total. The minimum Gasteiger partial charge on any atom is -0.372 e. The highest BCUT2D eigenvalue weighted by Gasteiger charge is 2.39. The Hall–Kier alpha value is -0.950. The Morgan fingerprint density at radius 2 is 2.10 bits per heavy atom. The van der Waals surface area contributed by atoms with Crippen LogP contribution in [0.3, 0.4) is 0 Å². The fraction of sp³-hybridized carbons (Fsp3) is 0.571. The second-order valence-electron chi connectivity index (χ2n) is 6.03. The van der Waals surface area contributed by atoms with Gasteiger partial charge in [0.25, 0.3) is 0 Å². The molecular formula is C14H20N2O3S. The molecule has 110 valence electrons. The van der Waals surface area contributed by atoms with E-state index in [-0.39, 0.29) is 5.41 Å². The van der Waals surface area contributed by atoms with E-state index in [9.17, 15) is 8.42 Å². The van der Waals surface area contributed by atoms with Crippen LogP contribution in [0.4, 0.5) is 0 Å². The molecule has 1 atom stereocenters. The topological polar surface area (TPSA) is 72.6 Å². The van der Waals surface area contributed by atoms with E-state index >= 15 is 0 Å². The number of sulfonamides is 1. The Morgan fingerprint density at radius 1 is 1.35 bits per heavy atom. The molecular weight excluding hydrogens is 276 g/mol. The lowest BCUT2D eigenvalue weighted by molar-refractivity contribution is 0.134. The fourth-order valence-corrected chi connectivity index (χ4v) is 4.45. The summed E-state index contributed by atoms with van der Waals surface area (Å²) in [4.78, 5) is 0.364. The first-order chi connectivity index (χ1) is 9.44. The summed E-state index contributed by atoms with van der Waals surface area (Å²) in [6.45, 7) is 4.67. The fourth-order valence-electron chi connectivity index (χ4n) is 2.81. The number of nitrogens with zero attached hydrogens (tertiary/aromatic N) is 1. The molecule has 1 unspecified atom stereocenters. The van der Waals surface area contributed by atoms with E-state index in [1.54, 1.807) is 16.4 Å². The van der Waals surface area contributed by atoms with Gasteiger partial charge in [0, 0.05) is 13.1 Å². The van der Waals surface area contributed by atoms with Crippen molar-refractivity contribution in [3.05, 3.63) is 29.3 Å². The molecule has 0 amide bonds. The van der Waals surface area contributed by atoms with Gasteiger partial charge in [-0.2, -0.15) is 4.31 Å². The van der Waals surface area contributed by atoms with E-state index in [4.69, 9.17) is 10.5 Å². The number of nitrogens with two attached hydrogens (primary N) is 1. The molecule has 1 aromatic rings. The van der Waals surface area contributed by atoms with Crippen LogP contribution in [0.25, 0.3) is 0 Å². The largest absolute Gasteiger partial charge is 0.372 e. The smallest absolute Gasteiger partial charge is 0.243 e. The maximum Gasteiger partial charge on any atom is 0.243 e. The van der Waals surface area contributed by atoms with Crippen molar-refractivity contribution in [3.63, 3.8) is 0 Å². The van der Waals surface area contributed by atoms with E-state index in [1.165, 1.54) is 0 Å². The number of fused-ring (bicyclic) bond motifs is 1. The van der Waals surface area contributed by atoms with Gasteiger partial charge < -0.3 is 10.5 Å². The molecule has 0 radical (unpaired) electrons. The van der Waals surface area contributed by atoms with Gasteiger partial charge in [0.2, 0.25) is 10.0 Å². The standard InChI is InChI=1S/C14H20N2O3S/c1-14(9-15)4-5-16(10-14)20(17,18)13-3-2-11-7-19-8-12(11)6-13/h2-3,6H,4-5,7-10,15H2,1H3. The monoisotopic (exact) mass is 296 g/mol. The molecule has 1 aromatic carbocycles. The van der Waals surface area contributed by atoms with E-state index in [2.05, 4.69) is 0 Å². The normalized spacial score (nSPS) is 26.9. The quantitative estimate of drug-likeness (QED) is 0.906. The summed E-state index contributed by atoms with van der Waals surface area (Å²) in [5.74, 6) is 0. The summed E-state index contributed by atoms with van der Waals surface area (Å²) in [6.07, 6.45) is 0.816. The Bertz CT molecular complexity index is 629. The van der Waals surface area contributed by atoms with E-state index in [1.807, 2.05) is 13.0 Å². The second-order valence-corrected chi connectivity index (χ2v) is 7.96. The summed E-state index contributed by atoms with van der Waals surface area (Å²) in [5.41, 5.74) is 7.70. The Labute approximate surface area is 119 Å². The average molecular weight is 296 g/mol. The molecule has 20 heavy (non-hydrogen) atoms.